The van der Waals surface area contributed by atoms with Crippen LogP contribution in [0.15, 0.2) is 24.4 Å². The molecule has 2 heteroatoms. The van der Waals surface area contributed by atoms with E-state index in [0.29, 0.717) is 11.5 Å². The van der Waals surface area contributed by atoms with Crippen molar-refractivity contribution in [3.05, 3.63) is 30.1 Å². The van der Waals surface area contributed by atoms with Gasteiger partial charge in [0, 0.05) is 24.4 Å². The first kappa shape index (κ1) is 13.2. The van der Waals surface area contributed by atoms with Crippen LogP contribution in [0.4, 0.5) is 0 Å². The van der Waals surface area contributed by atoms with Gasteiger partial charge >= 0.3 is 0 Å². The molecule has 0 radical (unpaired) electrons. The number of pyridine rings is 1. The van der Waals surface area contributed by atoms with Gasteiger partial charge in [-0.1, -0.05) is 33.8 Å². The standard InChI is InChI=1S/C14H24N2/c1-5-15-13(11-14(2,3)4)10-12-8-6-7-9-16-12/h6-9,13,15H,5,10-11H2,1-4H3. The Morgan fingerprint density at radius 2 is 2.06 bits per heavy atom. The average molecular weight is 220 g/mol. The molecule has 0 fully saturated rings. The Balaban J connectivity index is 2.58. The molecule has 1 aromatic heterocycles. The average Bonchev–Trinajstić information content (AvgIpc) is 2.17. The Morgan fingerprint density at radius 3 is 2.56 bits per heavy atom. The maximum absolute atomic E-state index is 4.39. The second kappa shape index (κ2) is 6.00. The molecular formula is C14H24N2. The van der Waals surface area contributed by atoms with Gasteiger partial charge in [0.05, 0.1) is 0 Å². The van der Waals surface area contributed by atoms with Gasteiger partial charge in [-0.05, 0) is 30.5 Å². The summed E-state index contributed by atoms with van der Waals surface area (Å²) in [4.78, 5) is 4.39. The monoisotopic (exact) mass is 220 g/mol. The molecule has 0 amide bonds. The number of nitrogens with zero attached hydrogens (tertiary/aromatic N) is 1. The van der Waals surface area contributed by atoms with E-state index in [-0.39, 0.29) is 0 Å². The lowest BCUT2D eigenvalue weighted by molar-refractivity contribution is 0.308. The fraction of sp³-hybridized carbons (Fsp3) is 0.643. The van der Waals surface area contributed by atoms with Crippen molar-refractivity contribution in [2.24, 2.45) is 5.41 Å². The molecule has 0 aromatic carbocycles. The predicted octanol–water partition coefficient (Wildman–Crippen LogP) is 3.04. The Bertz CT molecular complexity index is 287. The van der Waals surface area contributed by atoms with Gasteiger partial charge in [-0.25, -0.2) is 0 Å². The van der Waals surface area contributed by atoms with Gasteiger partial charge in [0.2, 0.25) is 0 Å². The summed E-state index contributed by atoms with van der Waals surface area (Å²) in [5.74, 6) is 0. The Kier molecular flexibility index (Phi) is 4.94. The fourth-order valence-electron chi connectivity index (χ4n) is 2.02. The van der Waals surface area contributed by atoms with E-state index in [9.17, 15) is 0 Å². The van der Waals surface area contributed by atoms with Crippen LogP contribution in [0.3, 0.4) is 0 Å². The molecule has 0 aliphatic carbocycles. The SMILES string of the molecule is CCNC(Cc1ccccn1)CC(C)(C)C. The number of hydrogen-bond acceptors (Lipinski definition) is 2. The topological polar surface area (TPSA) is 24.9 Å². The first-order valence-corrected chi connectivity index (χ1v) is 6.14. The number of hydrogen-bond donors (Lipinski definition) is 1. The molecule has 0 saturated carbocycles. The molecule has 0 aliphatic heterocycles. The van der Waals surface area contributed by atoms with Gasteiger partial charge in [0.25, 0.3) is 0 Å². The van der Waals surface area contributed by atoms with E-state index in [4.69, 9.17) is 0 Å². The lowest BCUT2D eigenvalue weighted by Gasteiger charge is -2.26. The first-order valence-electron chi connectivity index (χ1n) is 6.14. The minimum Gasteiger partial charge on any atom is -0.314 e. The summed E-state index contributed by atoms with van der Waals surface area (Å²) in [5, 5.41) is 3.55. The van der Waals surface area contributed by atoms with E-state index in [1.54, 1.807) is 0 Å². The smallest absolute Gasteiger partial charge is 0.0419 e. The van der Waals surface area contributed by atoms with Crippen LogP contribution < -0.4 is 5.32 Å². The zero-order chi connectivity index (χ0) is 12.0. The zero-order valence-corrected chi connectivity index (χ0v) is 11.0. The summed E-state index contributed by atoms with van der Waals surface area (Å²) < 4.78 is 0. The van der Waals surface area contributed by atoms with Crippen molar-refractivity contribution in [1.82, 2.24) is 10.3 Å². The summed E-state index contributed by atoms with van der Waals surface area (Å²) >= 11 is 0. The molecule has 0 aliphatic rings. The molecule has 0 saturated heterocycles. The van der Waals surface area contributed by atoms with E-state index in [1.165, 1.54) is 12.1 Å². The number of likely N-dealkylation sites (N-methyl/N-ethyl adjacent to an activating group) is 1. The van der Waals surface area contributed by atoms with Crippen LogP contribution in [0.1, 0.15) is 39.8 Å². The molecular weight excluding hydrogens is 196 g/mol. The summed E-state index contributed by atoms with van der Waals surface area (Å²) in [5.41, 5.74) is 1.54. The maximum Gasteiger partial charge on any atom is 0.0419 e. The van der Waals surface area contributed by atoms with Crippen molar-refractivity contribution in [2.45, 2.75) is 46.6 Å². The third-order valence-electron chi connectivity index (χ3n) is 2.53. The van der Waals surface area contributed by atoms with Crippen LogP contribution >= 0.6 is 0 Å². The fourth-order valence-corrected chi connectivity index (χ4v) is 2.02. The van der Waals surface area contributed by atoms with Crippen LogP contribution in [0, 0.1) is 5.41 Å². The van der Waals surface area contributed by atoms with Crippen LogP contribution in [0.5, 0.6) is 0 Å². The highest BCUT2D eigenvalue weighted by Crippen LogP contribution is 2.22. The molecule has 1 heterocycles. The molecule has 2 nitrogen and oxygen atoms in total. The summed E-state index contributed by atoms with van der Waals surface area (Å²) in [6, 6.07) is 6.66. The van der Waals surface area contributed by atoms with Gasteiger partial charge in [-0.15, -0.1) is 0 Å². The van der Waals surface area contributed by atoms with E-state index < -0.39 is 0 Å². The van der Waals surface area contributed by atoms with Crippen molar-refractivity contribution in [2.75, 3.05) is 6.54 Å². The van der Waals surface area contributed by atoms with Gasteiger partial charge < -0.3 is 5.32 Å². The van der Waals surface area contributed by atoms with E-state index in [1.807, 2.05) is 12.3 Å². The van der Waals surface area contributed by atoms with Crippen LogP contribution in [-0.2, 0) is 6.42 Å². The Labute approximate surface area is 99.5 Å². The highest BCUT2D eigenvalue weighted by Gasteiger charge is 2.18. The molecule has 1 aromatic rings. The minimum absolute atomic E-state index is 0.363. The van der Waals surface area contributed by atoms with Gasteiger partial charge in [-0.3, -0.25) is 4.98 Å². The highest BCUT2D eigenvalue weighted by atomic mass is 14.9. The molecule has 90 valence electrons. The van der Waals surface area contributed by atoms with Gasteiger partial charge in [0.1, 0.15) is 0 Å². The van der Waals surface area contributed by atoms with Crippen molar-refractivity contribution in [3.63, 3.8) is 0 Å². The number of aromatic nitrogens is 1. The third kappa shape index (κ3) is 5.26. The molecule has 1 unspecified atom stereocenters. The van der Waals surface area contributed by atoms with Crippen molar-refractivity contribution in [1.29, 1.82) is 0 Å². The lowest BCUT2D eigenvalue weighted by Crippen LogP contribution is -2.34. The van der Waals surface area contributed by atoms with Crippen LogP contribution in [-0.4, -0.2) is 17.6 Å². The molecule has 16 heavy (non-hydrogen) atoms. The summed E-state index contributed by atoms with van der Waals surface area (Å²) in [7, 11) is 0. The number of nitrogens with one attached hydrogen (secondary N) is 1. The molecule has 1 N–H and O–H groups in total. The van der Waals surface area contributed by atoms with E-state index >= 15 is 0 Å². The summed E-state index contributed by atoms with van der Waals surface area (Å²) in [6.45, 7) is 10.0. The van der Waals surface area contributed by atoms with Crippen molar-refractivity contribution < 1.29 is 0 Å². The quantitative estimate of drug-likeness (QED) is 0.825. The maximum atomic E-state index is 4.39. The van der Waals surface area contributed by atoms with E-state index in [0.717, 1.165) is 13.0 Å². The molecule has 0 spiro atoms. The summed E-state index contributed by atoms with van der Waals surface area (Å²) in [6.07, 6.45) is 4.07. The van der Waals surface area contributed by atoms with Crippen LogP contribution in [0.2, 0.25) is 0 Å². The molecule has 0 bridgehead atoms. The highest BCUT2D eigenvalue weighted by molar-refractivity contribution is 5.05. The zero-order valence-electron chi connectivity index (χ0n) is 11.0. The lowest BCUT2D eigenvalue weighted by atomic mass is 9.86. The van der Waals surface area contributed by atoms with E-state index in [2.05, 4.69) is 50.1 Å². The van der Waals surface area contributed by atoms with Gasteiger partial charge in [0.15, 0.2) is 0 Å². The molecule has 1 atom stereocenters. The number of rotatable bonds is 5. The van der Waals surface area contributed by atoms with Crippen molar-refractivity contribution >= 4 is 0 Å². The third-order valence-corrected chi connectivity index (χ3v) is 2.53. The van der Waals surface area contributed by atoms with Gasteiger partial charge in [-0.2, -0.15) is 0 Å². The second-order valence-corrected chi connectivity index (χ2v) is 5.54. The predicted molar refractivity (Wildman–Crippen MR) is 69.5 cm³/mol. The van der Waals surface area contributed by atoms with Crippen LogP contribution in [0.25, 0.3) is 0 Å². The normalized spacial score (nSPS) is 13.8. The minimum atomic E-state index is 0.363. The Morgan fingerprint density at radius 1 is 1.31 bits per heavy atom. The van der Waals surface area contributed by atoms with Crippen molar-refractivity contribution in [3.8, 4) is 0 Å². The first-order chi connectivity index (χ1) is 7.51. The second-order valence-electron chi connectivity index (χ2n) is 5.54. The molecule has 1 rings (SSSR count). The largest absolute Gasteiger partial charge is 0.314 e. The Hall–Kier alpha value is -0.890.